The van der Waals surface area contributed by atoms with E-state index in [4.69, 9.17) is 9.52 Å². The monoisotopic (exact) mass is 435 g/mol. The lowest BCUT2D eigenvalue weighted by Gasteiger charge is -2.23. The number of amides is 1. The molecular weight excluding hydrogens is 417 g/mol. The largest absolute Gasteiger partial charge is 0.507 e. The summed E-state index contributed by atoms with van der Waals surface area (Å²) in [5.41, 5.74) is 0.981. The van der Waals surface area contributed by atoms with Gasteiger partial charge in [-0.05, 0) is 60.5 Å². The summed E-state index contributed by atoms with van der Waals surface area (Å²) in [6.45, 7) is 1.50. The zero-order valence-corrected chi connectivity index (χ0v) is 16.9. The van der Waals surface area contributed by atoms with Crippen LogP contribution in [0.1, 0.15) is 38.9 Å². The number of furan rings is 1. The van der Waals surface area contributed by atoms with E-state index in [-0.39, 0.29) is 34.6 Å². The van der Waals surface area contributed by atoms with Crippen LogP contribution in [0.15, 0.2) is 70.9 Å². The van der Waals surface area contributed by atoms with Crippen molar-refractivity contribution < 1.29 is 33.4 Å². The molecule has 1 aliphatic rings. The molecule has 32 heavy (non-hydrogen) atoms. The van der Waals surface area contributed by atoms with Gasteiger partial charge in [0, 0.05) is 12.1 Å². The average molecular weight is 435 g/mol. The molecule has 0 spiro atoms. The van der Waals surface area contributed by atoms with Gasteiger partial charge < -0.3 is 19.5 Å². The van der Waals surface area contributed by atoms with Crippen LogP contribution in [0.4, 0.5) is 4.39 Å². The number of halogens is 1. The van der Waals surface area contributed by atoms with Crippen LogP contribution in [0.2, 0.25) is 0 Å². The quantitative estimate of drug-likeness (QED) is 0.356. The zero-order chi connectivity index (χ0) is 23.0. The topological polar surface area (TPSA) is 108 Å². The van der Waals surface area contributed by atoms with Crippen molar-refractivity contribution in [1.29, 1.82) is 0 Å². The predicted molar refractivity (Wildman–Crippen MR) is 111 cm³/mol. The maximum atomic E-state index is 13.7. The SMILES string of the molecule is Cc1cc(/C(O)=C2/C(=O)C(=O)N(Cc3ccc(C(=O)O)cc3)C2c2ccco2)ccc1F. The second-order valence-corrected chi connectivity index (χ2v) is 7.41. The number of hydrogen-bond donors (Lipinski definition) is 2. The lowest BCUT2D eigenvalue weighted by molar-refractivity contribution is -0.140. The number of carbonyl (C=O) groups is 3. The molecule has 1 saturated heterocycles. The van der Waals surface area contributed by atoms with Crippen molar-refractivity contribution in [1.82, 2.24) is 4.90 Å². The molecule has 3 aromatic rings. The first-order valence-corrected chi connectivity index (χ1v) is 9.68. The summed E-state index contributed by atoms with van der Waals surface area (Å²) in [7, 11) is 0. The number of aliphatic hydroxyl groups is 1. The lowest BCUT2D eigenvalue weighted by atomic mass is 9.98. The number of nitrogens with zero attached hydrogens (tertiary/aromatic N) is 1. The van der Waals surface area contributed by atoms with Crippen LogP contribution in [0, 0.1) is 12.7 Å². The van der Waals surface area contributed by atoms with Gasteiger partial charge in [0.05, 0.1) is 17.4 Å². The molecule has 1 aromatic heterocycles. The Kier molecular flexibility index (Phi) is 5.36. The van der Waals surface area contributed by atoms with Gasteiger partial charge in [-0.15, -0.1) is 0 Å². The smallest absolute Gasteiger partial charge is 0.335 e. The highest BCUT2D eigenvalue weighted by atomic mass is 19.1. The number of aliphatic hydroxyl groups excluding tert-OH is 1. The number of likely N-dealkylation sites (tertiary alicyclic amines) is 1. The first-order chi connectivity index (χ1) is 15.3. The van der Waals surface area contributed by atoms with Gasteiger partial charge in [-0.25, -0.2) is 9.18 Å². The Morgan fingerprint density at radius 3 is 2.34 bits per heavy atom. The summed E-state index contributed by atoms with van der Waals surface area (Å²) >= 11 is 0. The molecule has 7 nitrogen and oxygen atoms in total. The number of benzene rings is 2. The zero-order valence-electron chi connectivity index (χ0n) is 16.9. The number of ketones is 1. The summed E-state index contributed by atoms with van der Waals surface area (Å²) in [6.07, 6.45) is 1.39. The first-order valence-electron chi connectivity index (χ1n) is 9.68. The Morgan fingerprint density at radius 2 is 1.75 bits per heavy atom. The number of carbonyl (C=O) groups excluding carboxylic acids is 2. The molecule has 8 heteroatoms. The molecule has 2 N–H and O–H groups in total. The van der Waals surface area contributed by atoms with E-state index in [1.807, 2.05) is 0 Å². The average Bonchev–Trinajstić information content (AvgIpc) is 3.38. The standard InChI is InChI=1S/C24H18FNO6/c1-13-11-16(8-9-17(13)25)21(27)19-20(18-3-2-10-32-18)26(23(29)22(19)28)12-14-4-6-15(7-5-14)24(30)31/h2-11,20,27H,12H2,1H3,(H,30,31)/b21-19-. The van der Waals surface area contributed by atoms with Crippen LogP contribution in [-0.4, -0.2) is 32.8 Å². The van der Waals surface area contributed by atoms with Gasteiger partial charge in [0.1, 0.15) is 23.4 Å². The minimum absolute atomic E-state index is 0.0188. The molecule has 2 aromatic carbocycles. The van der Waals surface area contributed by atoms with Crippen molar-refractivity contribution in [3.63, 3.8) is 0 Å². The van der Waals surface area contributed by atoms with Crippen LogP contribution in [-0.2, 0) is 16.1 Å². The molecule has 1 aliphatic heterocycles. The molecule has 0 saturated carbocycles. The Bertz CT molecular complexity index is 1240. The van der Waals surface area contributed by atoms with Gasteiger partial charge in [-0.2, -0.15) is 0 Å². The van der Waals surface area contributed by atoms with Gasteiger partial charge in [-0.3, -0.25) is 9.59 Å². The van der Waals surface area contributed by atoms with E-state index in [0.29, 0.717) is 5.56 Å². The highest BCUT2D eigenvalue weighted by Gasteiger charge is 2.47. The van der Waals surface area contributed by atoms with E-state index in [1.165, 1.54) is 48.4 Å². The number of aromatic carboxylic acids is 1. The molecule has 1 unspecified atom stereocenters. The number of hydrogen-bond acceptors (Lipinski definition) is 5. The van der Waals surface area contributed by atoms with E-state index < -0.39 is 35.3 Å². The number of carboxylic acid groups (broad SMARTS) is 1. The molecule has 0 bridgehead atoms. The van der Waals surface area contributed by atoms with Crippen LogP contribution in [0.3, 0.4) is 0 Å². The minimum Gasteiger partial charge on any atom is -0.507 e. The van der Waals surface area contributed by atoms with Crippen molar-refractivity contribution >= 4 is 23.4 Å². The summed E-state index contributed by atoms with van der Waals surface area (Å²) in [5.74, 6) is -3.44. The van der Waals surface area contributed by atoms with E-state index in [0.717, 1.165) is 0 Å². The van der Waals surface area contributed by atoms with Gasteiger partial charge in [0.15, 0.2) is 0 Å². The maximum absolute atomic E-state index is 13.7. The predicted octanol–water partition coefficient (Wildman–Crippen LogP) is 4.05. The minimum atomic E-state index is -1.08. The Balaban J connectivity index is 1.79. The molecule has 162 valence electrons. The van der Waals surface area contributed by atoms with Crippen molar-refractivity contribution in [2.24, 2.45) is 0 Å². The number of Topliss-reactive ketones (excluding diaryl/α,β-unsaturated/α-hetero) is 1. The summed E-state index contributed by atoms with van der Waals surface area (Å²) in [4.78, 5) is 38.1. The fraction of sp³-hybridized carbons (Fsp3) is 0.125. The Labute approximate surface area is 182 Å². The lowest BCUT2D eigenvalue weighted by Crippen LogP contribution is -2.29. The first kappa shape index (κ1) is 21.0. The molecule has 0 radical (unpaired) electrons. The van der Waals surface area contributed by atoms with Crippen molar-refractivity contribution in [2.45, 2.75) is 19.5 Å². The van der Waals surface area contributed by atoms with Crippen LogP contribution < -0.4 is 0 Å². The Hall–Kier alpha value is -4.20. The van der Waals surface area contributed by atoms with E-state index in [2.05, 4.69) is 0 Å². The Morgan fingerprint density at radius 1 is 1.06 bits per heavy atom. The van der Waals surface area contributed by atoms with Crippen LogP contribution in [0.25, 0.3) is 5.76 Å². The summed E-state index contributed by atoms with van der Waals surface area (Å²) in [5, 5.41) is 20.0. The van der Waals surface area contributed by atoms with Gasteiger partial charge in [0.25, 0.3) is 11.7 Å². The number of rotatable bonds is 5. The third kappa shape index (κ3) is 3.66. The molecule has 0 aliphatic carbocycles. The fourth-order valence-corrected chi connectivity index (χ4v) is 3.68. The van der Waals surface area contributed by atoms with E-state index in [9.17, 15) is 23.9 Å². The van der Waals surface area contributed by atoms with Crippen LogP contribution in [0.5, 0.6) is 0 Å². The highest BCUT2D eigenvalue weighted by Crippen LogP contribution is 2.40. The van der Waals surface area contributed by atoms with Gasteiger partial charge in [0.2, 0.25) is 0 Å². The van der Waals surface area contributed by atoms with Crippen molar-refractivity contribution in [3.8, 4) is 0 Å². The van der Waals surface area contributed by atoms with Crippen molar-refractivity contribution in [2.75, 3.05) is 0 Å². The summed E-state index contributed by atoms with van der Waals surface area (Å²) < 4.78 is 19.1. The van der Waals surface area contributed by atoms with Crippen LogP contribution >= 0.6 is 0 Å². The molecule has 4 rings (SSSR count). The maximum Gasteiger partial charge on any atom is 0.335 e. The summed E-state index contributed by atoms with van der Waals surface area (Å²) in [6, 6.07) is 12.0. The highest BCUT2D eigenvalue weighted by molar-refractivity contribution is 6.46. The van der Waals surface area contributed by atoms with E-state index >= 15 is 0 Å². The van der Waals surface area contributed by atoms with E-state index in [1.54, 1.807) is 24.3 Å². The number of carboxylic acids is 1. The van der Waals surface area contributed by atoms with Gasteiger partial charge in [-0.1, -0.05) is 12.1 Å². The third-order valence-corrected chi connectivity index (χ3v) is 5.34. The number of aryl methyl sites for hydroxylation is 1. The molecule has 2 heterocycles. The third-order valence-electron chi connectivity index (χ3n) is 5.34. The van der Waals surface area contributed by atoms with Gasteiger partial charge >= 0.3 is 5.97 Å². The molecule has 1 atom stereocenters. The molecule has 1 amide bonds. The fourth-order valence-electron chi connectivity index (χ4n) is 3.68. The molecular formula is C24H18FNO6. The molecule has 1 fully saturated rings. The normalized spacial score (nSPS) is 17.7. The second-order valence-electron chi connectivity index (χ2n) is 7.41. The second kappa shape index (κ2) is 8.14. The van der Waals surface area contributed by atoms with Crippen molar-refractivity contribution in [3.05, 3.63) is 100 Å².